The standard InChI is InChI=1S/C19H19Cl2N3O2/c20-15-5-3-6-16(12-15)23-8-10-24(11-9-23)19(26)18(25)22-13-14-4-1-2-7-17(14)21/h1-7,12H,8-11,13H2,(H,22,25). The number of nitrogens with one attached hydrogen (secondary N) is 1. The molecule has 1 aliphatic rings. The van der Waals surface area contributed by atoms with Gasteiger partial charge < -0.3 is 15.1 Å². The van der Waals surface area contributed by atoms with Crippen LogP contribution in [0, 0.1) is 0 Å². The van der Waals surface area contributed by atoms with Gasteiger partial charge in [-0.15, -0.1) is 0 Å². The fraction of sp³-hybridized carbons (Fsp3) is 0.263. The van der Waals surface area contributed by atoms with E-state index >= 15 is 0 Å². The van der Waals surface area contributed by atoms with Gasteiger partial charge in [-0.25, -0.2) is 0 Å². The van der Waals surface area contributed by atoms with E-state index in [0.29, 0.717) is 36.2 Å². The molecule has 1 saturated heterocycles. The van der Waals surface area contributed by atoms with Crippen molar-refractivity contribution in [3.63, 3.8) is 0 Å². The smallest absolute Gasteiger partial charge is 0.312 e. The third-order valence-electron chi connectivity index (χ3n) is 4.33. The predicted molar refractivity (Wildman–Crippen MR) is 104 cm³/mol. The zero-order chi connectivity index (χ0) is 18.5. The number of carbonyl (C=O) groups is 2. The Morgan fingerprint density at radius 1 is 0.962 bits per heavy atom. The summed E-state index contributed by atoms with van der Waals surface area (Å²) in [6.07, 6.45) is 0. The fourth-order valence-electron chi connectivity index (χ4n) is 2.88. The van der Waals surface area contributed by atoms with Crippen LogP contribution in [0.3, 0.4) is 0 Å². The maximum Gasteiger partial charge on any atom is 0.312 e. The van der Waals surface area contributed by atoms with Crippen molar-refractivity contribution in [3.05, 3.63) is 64.1 Å². The minimum atomic E-state index is -0.610. The van der Waals surface area contributed by atoms with Crippen molar-refractivity contribution in [2.45, 2.75) is 6.54 Å². The molecule has 1 heterocycles. The number of nitrogens with zero attached hydrogens (tertiary/aromatic N) is 2. The number of hydrogen-bond donors (Lipinski definition) is 1. The highest BCUT2D eigenvalue weighted by Gasteiger charge is 2.26. The molecular formula is C19H19Cl2N3O2. The molecule has 2 aromatic rings. The molecule has 1 N–H and O–H groups in total. The Hall–Kier alpha value is -2.24. The van der Waals surface area contributed by atoms with Crippen molar-refractivity contribution in [3.8, 4) is 0 Å². The molecule has 0 radical (unpaired) electrons. The molecule has 0 unspecified atom stereocenters. The summed E-state index contributed by atoms with van der Waals surface area (Å²) in [5, 5.41) is 3.89. The fourth-order valence-corrected chi connectivity index (χ4v) is 3.26. The molecule has 0 atom stereocenters. The average Bonchev–Trinajstić information content (AvgIpc) is 2.66. The predicted octanol–water partition coefficient (Wildman–Crippen LogP) is 2.96. The van der Waals surface area contributed by atoms with Crippen LogP contribution in [0.5, 0.6) is 0 Å². The van der Waals surface area contributed by atoms with Crippen molar-refractivity contribution in [2.75, 3.05) is 31.1 Å². The monoisotopic (exact) mass is 391 g/mol. The number of benzene rings is 2. The van der Waals surface area contributed by atoms with Crippen LogP contribution < -0.4 is 10.2 Å². The van der Waals surface area contributed by atoms with E-state index in [9.17, 15) is 9.59 Å². The van der Waals surface area contributed by atoms with E-state index in [2.05, 4.69) is 10.2 Å². The molecule has 1 aliphatic heterocycles. The zero-order valence-corrected chi connectivity index (χ0v) is 15.6. The van der Waals surface area contributed by atoms with Gasteiger partial charge in [-0.1, -0.05) is 47.5 Å². The lowest BCUT2D eigenvalue weighted by atomic mass is 10.2. The molecule has 0 saturated carbocycles. The number of hydrogen-bond acceptors (Lipinski definition) is 3. The summed E-state index contributed by atoms with van der Waals surface area (Å²) in [7, 11) is 0. The average molecular weight is 392 g/mol. The Balaban J connectivity index is 1.51. The summed E-state index contributed by atoms with van der Waals surface area (Å²) in [4.78, 5) is 28.2. The second-order valence-corrected chi connectivity index (χ2v) is 6.88. The Labute approximate surface area is 162 Å². The summed E-state index contributed by atoms with van der Waals surface area (Å²) in [6.45, 7) is 2.52. The van der Waals surface area contributed by atoms with Crippen molar-refractivity contribution in [1.82, 2.24) is 10.2 Å². The number of rotatable bonds is 3. The van der Waals surface area contributed by atoms with Gasteiger partial charge in [0.05, 0.1) is 0 Å². The van der Waals surface area contributed by atoms with Crippen LogP contribution in [0.15, 0.2) is 48.5 Å². The lowest BCUT2D eigenvalue weighted by Gasteiger charge is -2.35. The molecule has 26 heavy (non-hydrogen) atoms. The van der Waals surface area contributed by atoms with Gasteiger partial charge in [0.2, 0.25) is 0 Å². The van der Waals surface area contributed by atoms with Gasteiger partial charge in [-0.05, 0) is 29.8 Å². The van der Waals surface area contributed by atoms with E-state index in [-0.39, 0.29) is 6.54 Å². The number of carbonyl (C=O) groups excluding carboxylic acids is 2. The van der Waals surface area contributed by atoms with Crippen LogP contribution in [-0.4, -0.2) is 42.9 Å². The molecule has 3 rings (SSSR count). The van der Waals surface area contributed by atoms with Crippen LogP contribution in [0.4, 0.5) is 5.69 Å². The first-order chi connectivity index (χ1) is 12.5. The molecule has 0 bridgehead atoms. The van der Waals surface area contributed by atoms with Gasteiger partial charge in [0.25, 0.3) is 0 Å². The molecule has 1 fully saturated rings. The summed E-state index contributed by atoms with van der Waals surface area (Å²) < 4.78 is 0. The second kappa shape index (κ2) is 8.43. The summed E-state index contributed by atoms with van der Waals surface area (Å²) in [5.74, 6) is -1.12. The highest BCUT2D eigenvalue weighted by Crippen LogP contribution is 2.21. The van der Waals surface area contributed by atoms with Crippen molar-refractivity contribution < 1.29 is 9.59 Å². The molecule has 2 aromatic carbocycles. The molecular weight excluding hydrogens is 373 g/mol. The van der Waals surface area contributed by atoms with Crippen LogP contribution in [-0.2, 0) is 16.1 Å². The van der Waals surface area contributed by atoms with E-state index in [4.69, 9.17) is 23.2 Å². The zero-order valence-electron chi connectivity index (χ0n) is 14.1. The van der Waals surface area contributed by atoms with Crippen LogP contribution in [0.1, 0.15) is 5.56 Å². The van der Waals surface area contributed by atoms with Gasteiger partial charge >= 0.3 is 11.8 Å². The first kappa shape index (κ1) is 18.5. The van der Waals surface area contributed by atoms with Gasteiger partial charge in [0.15, 0.2) is 0 Å². The van der Waals surface area contributed by atoms with Crippen LogP contribution in [0.2, 0.25) is 10.0 Å². The van der Waals surface area contributed by atoms with E-state index in [1.54, 1.807) is 11.0 Å². The number of anilines is 1. The summed E-state index contributed by atoms with van der Waals surface area (Å²) in [5.41, 5.74) is 1.80. The first-order valence-corrected chi connectivity index (χ1v) is 9.11. The second-order valence-electron chi connectivity index (χ2n) is 6.03. The van der Waals surface area contributed by atoms with Crippen molar-refractivity contribution >= 4 is 40.7 Å². The molecule has 7 heteroatoms. The topological polar surface area (TPSA) is 52.7 Å². The Morgan fingerprint density at radius 3 is 2.38 bits per heavy atom. The third-order valence-corrected chi connectivity index (χ3v) is 4.94. The van der Waals surface area contributed by atoms with E-state index in [0.717, 1.165) is 11.3 Å². The van der Waals surface area contributed by atoms with Gasteiger partial charge in [0, 0.05) is 48.5 Å². The highest BCUT2D eigenvalue weighted by atomic mass is 35.5. The summed E-state index contributed by atoms with van der Waals surface area (Å²) in [6, 6.07) is 14.8. The van der Waals surface area contributed by atoms with Gasteiger partial charge in [0.1, 0.15) is 0 Å². The third kappa shape index (κ3) is 4.48. The lowest BCUT2D eigenvalue weighted by molar-refractivity contribution is -0.146. The molecule has 2 amide bonds. The molecule has 0 aromatic heterocycles. The quantitative estimate of drug-likeness (QED) is 0.818. The number of amides is 2. The van der Waals surface area contributed by atoms with Crippen molar-refractivity contribution in [1.29, 1.82) is 0 Å². The molecule has 0 spiro atoms. The molecule has 5 nitrogen and oxygen atoms in total. The molecule has 0 aliphatic carbocycles. The van der Waals surface area contributed by atoms with E-state index in [1.807, 2.05) is 42.5 Å². The van der Waals surface area contributed by atoms with Gasteiger partial charge in [-0.2, -0.15) is 0 Å². The maximum atomic E-state index is 12.3. The van der Waals surface area contributed by atoms with Crippen molar-refractivity contribution in [2.24, 2.45) is 0 Å². The maximum absolute atomic E-state index is 12.3. The largest absolute Gasteiger partial charge is 0.368 e. The first-order valence-electron chi connectivity index (χ1n) is 8.35. The minimum absolute atomic E-state index is 0.229. The Bertz CT molecular complexity index is 805. The van der Waals surface area contributed by atoms with Crippen LogP contribution in [0.25, 0.3) is 0 Å². The highest BCUT2D eigenvalue weighted by molar-refractivity contribution is 6.35. The summed E-state index contributed by atoms with van der Waals surface area (Å²) >= 11 is 12.1. The van der Waals surface area contributed by atoms with E-state index < -0.39 is 11.8 Å². The number of halogens is 2. The normalized spacial score (nSPS) is 14.2. The van der Waals surface area contributed by atoms with E-state index in [1.165, 1.54) is 0 Å². The van der Waals surface area contributed by atoms with Gasteiger partial charge in [-0.3, -0.25) is 9.59 Å². The number of piperazine rings is 1. The van der Waals surface area contributed by atoms with Crippen LogP contribution >= 0.6 is 23.2 Å². The Morgan fingerprint density at radius 2 is 1.69 bits per heavy atom. The SMILES string of the molecule is O=C(NCc1ccccc1Cl)C(=O)N1CCN(c2cccc(Cl)c2)CC1. The lowest BCUT2D eigenvalue weighted by Crippen LogP contribution is -2.52. The molecule has 136 valence electrons. The minimum Gasteiger partial charge on any atom is -0.368 e. The Kier molecular flexibility index (Phi) is 6.01.